The number of hydrogen-bond donors (Lipinski definition) is 1. The van der Waals surface area contributed by atoms with Crippen molar-refractivity contribution in [2.45, 2.75) is 45.2 Å². The molecule has 0 aromatic carbocycles. The smallest absolute Gasteiger partial charge is 0.0170 e. The van der Waals surface area contributed by atoms with E-state index in [-0.39, 0.29) is 0 Å². The summed E-state index contributed by atoms with van der Waals surface area (Å²) < 4.78 is 0. The van der Waals surface area contributed by atoms with Crippen molar-refractivity contribution in [3.63, 3.8) is 0 Å². The summed E-state index contributed by atoms with van der Waals surface area (Å²) in [5.41, 5.74) is 0. The molecular formula is C13H26N2S. The van der Waals surface area contributed by atoms with Gasteiger partial charge in [-0.2, -0.15) is 11.8 Å². The molecule has 2 aliphatic rings. The molecule has 0 amide bonds. The van der Waals surface area contributed by atoms with Crippen molar-refractivity contribution in [3.8, 4) is 0 Å². The number of thioether (sulfide) groups is 1. The predicted molar refractivity (Wildman–Crippen MR) is 73.2 cm³/mol. The van der Waals surface area contributed by atoms with Crippen LogP contribution in [0.2, 0.25) is 0 Å². The van der Waals surface area contributed by atoms with E-state index in [4.69, 9.17) is 0 Å². The summed E-state index contributed by atoms with van der Waals surface area (Å²) in [6.45, 7) is 8.51. The molecule has 94 valence electrons. The van der Waals surface area contributed by atoms with Gasteiger partial charge >= 0.3 is 0 Å². The Labute approximate surface area is 105 Å². The molecule has 1 saturated heterocycles. The van der Waals surface area contributed by atoms with Crippen molar-refractivity contribution in [1.82, 2.24) is 10.2 Å². The Hall–Kier alpha value is 0.270. The zero-order valence-corrected chi connectivity index (χ0v) is 11.6. The third-order valence-electron chi connectivity index (χ3n) is 3.68. The van der Waals surface area contributed by atoms with Gasteiger partial charge in [0.1, 0.15) is 0 Å². The maximum atomic E-state index is 3.63. The van der Waals surface area contributed by atoms with Gasteiger partial charge in [0.15, 0.2) is 0 Å². The number of nitrogens with zero attached hydrogens (tertiary/aromatic N) is 1. The summed E-state index contributed by atoms with van der Waals surface area (Å²) in [7, 11) is 0. The lowest BCUT2D eigenvalue weighted by Gasteiger charge is -2.30. The van der Waals surface area contributed by atoms with Crippen molar-refractivity contribution in [2.75, 3.05) is 31.1 Å². The first kappa shape index (κ1) is 12.7. The van der Waals surface area contributed by atoms with E-state index in [1.807, 2.05) is 0 Å². The Balaban J connectivity index is 1.67. The number of nitrogens with one attached hydrogen (secondary N) is 1. The molecule has 1 atom stereocenters. The zero-order chi connectivity index (χ0) is 11.4. The van der Waals surface area contributed by atoms with Gasteiger partial charge in [-0.05, 0) is 45.6 Å². The van der Waals surface area contributed by atoms with Crippen LogP contribution in [0.1, 0.15) is 33.1 Å². The van der Waals surface area contributed by atoms with Gasteiger partial charge in [-0.3, -0.25) is 0 Å². The molecule has 2 fully saturated rings. The van der Waals surface area contributed by atoms with Crippen LogP contribution in [0, 0.1) is 5.92 Å². The van der Waals surface area contributed by atoms with Crippen molar-refractivity contribution in [1.29, 1.82) is 0 Å². The molecule has 16 heavy (non-hydrogen) atoms. The van der Waals surface area contributed by atoms with Gasteiger partial charge in [0, 0.05) is 36.7 Å². The number of hydrogen-bond acceptors (Lipinski definition) is 3. The molecule has 1 aliphatic carbocycles. The third-order valence-corrected chi connectivity index (χ3v) is 4.81. The molecule has 3 heteroatoms. The lowest BCUT2D eigenvalue weighted by atomic mass is 10.2. The van der Waals surface area contributed by atoms with Crippen LogP contribution in [0.4, 0.5) is 0 Å². The largest absolute Gasteiger partial charge is 0.312 e. The van der Waals surface area contributed by atoms with E-state index in [0.29, 0.717) is 0 Å². The average molecular weight is 242 g/mol. The molecule has 1 saturated carbocycles. The highest BCUT2D eigenvalue weighted by Crippen LogP contribution is 2.30. The Morgan fingerprint density at radius 2 is 2.19 bits per heavy atom. The standard InChI is InChI=1S/C13H26N2S/c1-11(2)15(9-12-3-4-12)7-5-13-10-16-8-6-14-13/h11-14H,3-10H2,1-2H3. The molecule has 0 spiro atoms. The van der Waals surface area contributed by atoms with Crippen LogP contribution in [0.3, 0.4) is 0 Å². The Bertz CT molecular complexity index is 198. The molecule has 1 N–H and O–H groups in total. The molecule has 1 aliphatic heterocycles. The van der Waals surface area contributed by atoms with Crippen LogP contribution < -0.4 is 5.32 Å². The number of rotatable bonds is 6. The van der Waals surface area contributed by atoms with Crippen LogP contribution in [0.15, 0.2) is 0 Å². The molecule has 2 rings (SSSR count). The molecule has 2 nitrogen and oxygen atoms in total. The molecule has 0 aromatic rings. The first-order chi connectivity index (χ1) is 7.75. The predicted octanol–water partition coefficient (Wildman–Crippen LogP) is 2.20. The SMILES string of the molecule is CC(C)N(CCC1CSCCN1)CC1CC1. The highest BCUT2D eigenvalue weighted by molar-refractivity contribution is 7.99. The Kier molecular flexibility index (Phi) is 4.98. The zero-order valence-electron chi connectivity index (χ0n) is 10.7. The lowest BCUT2D eigenvalue weighted by Crippen LogP contribution is -2.42. The molecule has 0 aromatic heterocycles. The van der Waals surface area contributed by atoms with Crippen molar-refractivity contribution < 1.29 is 0 Å². The molecular weight excluding hydrogens is 216 g/mol. The van der Waals surface area contributed by atoms with Crippen LogP contribution in [-0.4, -0.2) is 48.1 Å². The van der Waals surface area contributed by atoms with E-state index < -0.39 is 0 Å². The van der Waals surface area contributed by atoms with Gasteiger partial charge in [0.2, 0.25) is 0 Å². The fraction of sp³-hybridized carbons (Fsp3) is 1.00. The maximum Gasteiger partial charge on any atom is 0.0170 e. The Morgan fingerprint density at radius 1 is 1.38 bits per heavy atom. The first-order valence-corrected chi connectivity index (χ1v) is 7.96. The topological polar surface area (TPSA) is 15.3 Å². The molecule has 1 heterocycles. The highest BCUT2D eigenvalue weighted by atomic mass is 32.2. The quantitative estimate of drug-likeness (QED) is 0.769. The summed E-state index contributed by atoms with van der Waals surface area (Å²) in [5.74, 6) is 3.64. The summed E-state index contributed by atoms with van der Waals surface area (Å²) in [6, 6.07) is 1.48. The second-order valence-electron chi connectivity index (χ2n) is 5.55. The highest BCUT2D eigenvalue weighted by Gasteiger charge is 2.25. The van der Waals surface area contributed by atoms with Crippen molar-refractivity contribution in [2.24, 2.45) is 5.92 Å². The van der Waals surface area contributed by atoms with Gasteiger partial charge in [0.05, 0.1) is 0 Å². The normalized spacial score (nSPS) is 26.6. The van der Waals surface area contributed by atoms with Crippen LogP contribution in [0.5, 0.6) is 0 Å². The first-order valence-electron chi connectivity index (χ1n) is 6.81. The summed E-state index contributed by atoms with van der Waals surface area (Å²) in [5, 5.41) is 3.63. The maximum absolute atomic E-state index is 3.63. The van der Waals surface area contributed by atoms with Crippen molar-refractivity contribution >= 4 is 11.8 Å². The van der Waals surface area contributed by atoms with Gasteiger partial charge in [-0.1, -0.05) is 0 Å². The minimum absolute atomic E-state index is 0.719. The monoisotopic (exact) mass is 242 g/mol. The molecule has 0 bridgehead atoms. The van der Waals surface area contributed by atoms with Crippen LogP contribution in [0.25, 0.3) is 0 Å². The van der Waals surface area contributed by atoms with Gasteiger partial charge in [-0.15, -0.1) is 0 Å². The molecule has 1 unspecified atom stereocenters. The molecule has 0 radical (unpaired) electrons. The summed E-state index contributed by atoms with van der Waals surface area (Å²) in [6.07, 6.45) is 4.28. The van der Waals surface area contributed by atoms with E-state index in [1.54, 1.807) is 0 Å². The summed E-state index contributed by atoms with van der Waals surface area (Å²) in [4.78, 5) is 2.68. The average Bonchev–Trinajstić information content (AvgIpc) is 3.09. The van der Waals surface area contributed by atoms with Gasteiger partial charge in [0.25, 0.3) is 0 Å². The minimum Gasteiger partial charge on any atom is -0.312 e. The fourth-order valence-corrected chi connectivity index (χ4v) is 3.32. The van der Waals surface area contributed by atoms with Gasteiger partial charge < -0.3 is 10.2 Å². The Morgan fingerprint density at radius 3 is 2.75 bits per heavy atom. The van der Waals surface area contributed by atoms with E-state index in [1.165, 1.54) is 50.4 Å². The summed E-state index contributed by atoms with van der Waals surface area (Å²) >= 11 is 2.11. The van der Waals surface area contributed by atoms with Gasteiger partial charge in [-0.25, -0.2) is 0 Å². The lowest BCUT2D eigenvalue weighted by molar-refractivity contribution is 0.203. The van der Waals surface area contributed by atoms with Crippen molar-refractivity contribution in [3.05, 3.63) is 0 Å². The fourth-order valence-electron chi connectivity index (χ4n) is 2.32. The van der Waals surface area contributed by atoms with E-state index in [9.17, 15) is 0 Å². The minimum atomic E-state index is 0.719. The second-order valence-corrected chi connectivity index (χ2v) is 6.70. The van der Waals surface area contributed by atoms with Crippen LogP contribution >= 0.6 is 11.8 Å². The third kappa shape index (κ3) is 4.27. The van der Waals surface area contributed by atoms with E-state index >= 15 is 0 Å². The van der Waals surface area contributed by atoms with E-state index in [0.717, 1.165) is 18.0 Å². The van der Waals surface area contributed by atoms with E-state index in [2.05, 4.69) is 35.8 Å². The van der Waals surface area contributed by atoms with Crippen LogP contribution in [-0.2, 0) is 0 Å². The second kappa shape index (κ2) is 6.27.